The quantitative estimate of drug-likeness (QED) is 0.0999. The molecule has 4 aromatic carbocycles. The number of rotatable bonds is 17. The summed E-state index contributed by atoms with van der Waals surface area (Å²) in [5, 5.41) is 10.7. The molecule has 19 heteroatoms. The van der Waals surface area contributed by atoms with Gasteiger partial charge in [0.05, 0.1) is 40.7 Å². The first kappa shape index (κ1) is 48.1. The van der Waals surface area contributed by atoms with E-state index in [0.717, 1.165) is 33.8 Å². The van der Waals surface area contributed by atoms with Crippen LogP contribution in [0.25, 0.3) is 0 Å². The molecule has 0 bridgehead atoms. The van der Waals surface area contributed by atoms with Crippen molar-refractivity contribution >= 4 is 26.1 Å². The van der Waals surface area contributed by atoms with Crippen molar-refractivity contribution in [2.24, 2.45) is 0 Å². The molecule has 6 aromatic rings. The number of carbonyl (C=O) groups is 1. The zero-order valence-electron chi connectivity index (χ0n) is 37.4. The van der Waals surface area contributed by atoms with Crippen molar-refractivity contribution in [1.82, 2.24) is 33.5 Å². The maximum absolute atomic E-state index is 13.8. The lowest BCUT2D eigenvalue weighted by Crippen LogP contribution is -2.52. The van der Waals surface area contributed by atoms with E-state index in [2.05, 4.69) is 15.3 Å². The fraction of sp³-hybridized carbons (Fsp3) is 0.326. The van der Waals surface area contributed by atoms with Gasteiger partial charge in [-0.1, -0.05) is 48.5 Å². The Morgan fingerprint density at radius 1 is 0.615 bits per heavy atom. The molecular weight excluding hydrogens is 875 g/mol. The normalized spacial score (nSPS) is 13.2. The molecule has 1 saturated heterocycles. The smallest absolute Gasteiger partial charge is 0.410 e. The van der Waals surface area contributed by atoms with Gasteiger partial charge in [-0.05, 0) is 104 Å². The topological polar surface area (TPSA) is 188 Å². The average Bonchev–Trinajstić information content (AvgIpc) is 4.01. The van der Waals surface area contributed by atoms with E-state index in [9.17, 15) is 21.6 Å². The number of aromatic amines is 1. The number of amides is 1. The molecule has 1 N–H and O–H groups in total. The van der Waals surface area contributed by atoms with Crippen LogP contribution in [-0.2, 0) is 51.0 Å². The molecule has 1 aliphatic heterocycles. The second kappa shape index (κ2) is 21.1. The minimum absolute atomic E-state index is 0.0461. The van der Waals surface area contributed by atoms with Crippen LogP contribution in [0.5, 0.6) is 23.0 Å². The third-order valence-corrected chi connectivity index (χ3v) is 13.6. The fourth-order valence-electron chi connectivity index (χ4n) is 6.61. The Labute approximate surface area is 380 Å². The van der Waals surface area contributed by atoms with E-state index in [-0.39, 0.29) is 48.4 Å². The van der Waals surface area contributed by atoms with E-state index < -0.39 is 25.6 Å². The molecular formula is C46H55N7O10S2. The van der Waals surface area contributed by atoms with E-state index in [1.165, 1.54) is 26.9 Å². The zero-order valence-corrected chi connectivity index (χ0v) is 39.1. The predicted molar refractivity (Wildman–Crippen MR) is 243 cm³/mol. The monoisotopic (exact) mass is 929 g/mol. The molecule has 1 aliphatic rings. The van der Waals surface area contributed by atoms with E-state index in [1.54, 1.807) is 68.5 Å². The van der Waals surface area contributed by atoms with Crippen molar-refractivity contribution in [1.29, 1.82) is 0 Å². The summed E-state index contributed by atoms with van der Waals surface area (Å²) in [4.78, 5) is 13.8. The third-order valence-electron chi connectivity index (χ3n) is 10.2. The average molecular weight is 930 g/mol. The molecule has 0 radical (unpaired) electrons. The van der Waals surface area contributed by atoms with Gasteiger partial charge in [-0.25, -0.2) is 21.6 Å². The van der Waals surface area contributed by atoms with Crippen molar-refractivity contribution in [2.45, 2.75) is 68.6 Å². The van der Waals surface area contributed by atoms with Crippen LogP contribution in [0, 0.1) is 0 Å². The minimum atomic E-state index is -3.95. The molecule has 0 spiro atoms. The van der Waals surface area contributed by atoms with Gasteiger partial charge >= 0.3 is 6.09 Å². The van der Waals surface area contributed by atoms with Crippen molar-refractivity contribution in [2.75, 3.05) is 41.5 Å². The molecule has 2 aromatic heterocycles. The lowest BCUT2D eigenvalue weighted by atomic mass is 10.1. The van der Waals surface area contributed by atoms with Gasteiger partial charge in [-0.3, -0.25) is 9.78 Å². The Morgan fingerprint density at radius 2 is 1.00 bits per heavy atom. The number of ether oxygens (including phenoxy) is 5. The number of methoxy groups -OCH3 is 4. The van der Waals surface area contributed by atoms with Gasteiger partial charge in [0.1, 0.15) is 28.6 Å². The Balaban J connectivity index is 0.000000228. The van der Waals surface area contributed by atoms with Crippen LogP contribution in [0.4, 0.5) is 4.79 Å². The third kappa shape index (κ3) is 12.7. The van der Waals surface area contributed by atoms with Gasteiger partial charge in [-0.2, -0.15) is 18.8 Å². The van der Waals surface area contributed by atoms with Crippen LogP contribution in [0.1, 0.15) is 49.1 Å². The van der Waals surface area contributed by atoms with Gasteiger partial charge in [0.2, 0.25) is 0 Å². The molecule has 65 heavy (non-hydrogen) atoms. The summed E-state index contributed by atoms with van der Waals surface area (Å²) in [5.41, 5.74) is 2.76. The van der Waals surface area contributed by atoms with Crippen molar-refractivity contribution in [3.63, 3.8) is 0 Å². The molecule has 7 rings (SSSR count). The lowest BCUT2D eigenvalue weighted by molar-refractivity contribution is -0.000553. The van der Waals surface area contributed by atoms with Crippen LogP contribution in [-0.4, -0.2) is 104 Å². The number of sulfonamides is 2. The highest BCUT2D eigenvalue weighted by molar-refractivity contribution is 7.89. The van der Waals surface area contributed by atoms with Crippen molar-refractivity contribution < 1.29 is 45.3 Å². The van der Waals surface area contributed by atoms with E-state index in [0.29, 0.717) is 24.6 Å². The number of nitrogens with zero attached hydrogens (tertiary/aromatic N) is 6. The minimum Gasteiger partial charge on any atom is -0.497 e. The number of hydrogen-bond donors (Lipinski definition) is 1. The van der Waals surface area contributed by atoms with Crippen LogP contribution in [0.15, 0.2) is 132 Å². The summed E-state index contributed by atoms with van der Waals surface area (Å²) in [6.07, 6.45) is 2.67. The fourth-order valence-corrected chi connectivity index (χ4v) is 9.26. The van der Waals surface area contributed by atoms with Gasteiger partial charge in [0.15, 0.2) is 10.1 Å². The highest BCUT2D eigenvalue weighted by atomic mass is 32.2. The van der Waals surface area contributed by atoms with Crippen molar-refractivity contribution in [3.8, 4) is 23.0 Å². The summed E-state index contributed by atoms with van der Waals surface area (Å²) >= 11 is 0. The maximum atomic E-state index is 13.8. The van der Waals surface area contributed by atoms with Crippen LogP contribution >= 0.6 is 0 Å². The summed E-state index contributed by atoms with van der Waals surface area (Å²) in [5.74, 6) is 2.82. The van der Waals surface area contributed by atoms with Crippen LogP contribution in [0.2, 0.25) is 0 Å². The Kier molecular flexibility index (Phi) is 15.6. The molecule has 1 amide bonds. The highest BCUT2D eigenvalue weighted by Crippen LogP contribution is 2.27. The Bertz CT molecular complexity index is 2570. The second-order valence-corrected chi connectivity index (χ2v) is 19.8. The zero-order chi connectivity index (χ0) is 46.8. The standard InChI is InChI=1S/C27H34N4O6S.C19H21N3O4S/c1-27(2,3)37-26(32)29-18-22(19-29)31-15-14-25(28-31)38(33,34)30(16-20-6-10-23(35-4)11-7-20)17-21-8-12-24(36-5)13-9-21;1-25-17-7-3-15(4-8-17)13-22(27(23,24)19-11-12-20-21-19)14-16-5-9-18(26-2)10-6-16/h6-15,22H,16-19H2,1-5H3;3-12H,13-14H2,1-2H3,(H,20,21). The second-order valence-electron chi connectivity index (χ2n) is 16.0. The number of likely N-dealkylation sites (tertiary alicyclic amines) is 1. The number of nitrogens with one attached hydrogen (secondary N) is 1. The number of carbonyl (C=O) groups excluding carboxylic acids is 1. The molecule has 0 atom stereocenters. The van der Waals surface area contributed by atoms with Crippen LogP contribution in [0.3, 0.4) is 0 Å². The van der Waals surface area contributed by atoms with Gasteiger partial charge in [0.25, 0.3) is 20.0 Å². The van der Waals surface area contributed by atoms with E-state index >= 15 is 0 Å². The largest absolute Gasteiger partial charge is 0.497 e. The van der Waals surface area contributed by atoms with Gasteiger partial charge < -0.3 is 28.6 Å². The number of H-pyrrole nitrogens is 1. The highest BCUT2D eigenvalue weighted by Gasteiger charge is 2.36. The van der Waals surface area contributed by atoms with E-state index in [1.807, 2.05) is 93.6 Å². The Morgan fingerprint density at radius 3 is 1.34 bits per heavy atom. The van der Waals surface area contributed by atoms with Gasteiger partial charge in [0, 0.05) is 45.5 Å². The number of aromatic nitrogens is 4. The SMILES string of the molecule is COc1ccc(CN(Cc2ccc(OC)cc2)S(=O)(=O)c2ccn(C3CN(C(=O)OC(C)(C)C)C3)n2)cc1.COc1ccc(CN(Cc2ccc(OC)cc2)S(=O)(=O)c2ccn[nH]2)cc1. The summed E-state index contributed by atoms with van der Waals surface area (Å²) in [6, 6.07) is 32.0. The van der Waals surface area contributed by atoms with Crippen molar-refractivity contribution in [3.05, 3.63) is 144 Å². The first-order chi connectivity index (χ1) is 31.0. The molecule has 1 fully saturated rings. The molecule has 0 unspecified atom stereocenters. The Hall–Kier alpha value is -6.41. The van der Waals surface area contributed by atoms with Gasteiger partial charge in [-0.15, -0.1) is 0 Å². The number of hydrogen-bond acceptors (Lipinski definition) is 12. The molecule has 0 aliphatic carbocycles. The maximum Gasteiger partial charge on any atom is 0.410 e. The molecule has 0 saturated carbocycles. The first-order valence-corrected chi connectivity index (χ1v) is 23.4. The first-order valence-electron chi connectivity index (χ1n) is 20.6. The summed E-state index contributed by atoms with van der Waals surface area (Å²) in [6.45, 7) is 7.00. The molecule has 17 nitrogen and oxygen atoms in total. The van der Waals surface area contributed by atoms with Crippen LogP contribution < -0.4 is 18.9 Å². The molecule has 3 heterocycles. The summed E-state index contributed by atoms with van der Waals surface area (Å²) < 4.78 is 84.2. The number of benzene rings is 4. The van der Waals surface area contributed by atoms with E-state index in [4.69, 9.17) is 23.7 Å². The summed E-state index contributed by atoms with van der Waals surface area (Å²) in [7, 11) is -1.33. The molecule has 346 valence electrons. The lowest BCUT2D eigenvalue weighted by Gasteiger charge is -2.39. The predicted octanol–water partition coefficient (Wildman–Crippen LogP) is 6.90.